The molecule has 4 heteroatoms. The molecule has 16 heavy (non-hydrogen) atoms. The van der Waals surface area contributed by atoms with E-state index in [1.807, 2.05) is 13.1 Å². The van der Waals surface area contributed by atoms with Crippen LogP contribution in [0.1, 0.15) is 45.5 Å². The molecule has 0 radical (unpaired) electrons. The Morgan fingerprint density at radius 1 is 1.44 bits per heavy atom. The van der Waals surface area contributed by atoms with Crippen molar-refractivity contribution in [2.75, 3.05) is 6.61 Å². The van der Waals surface area contributed by atoms with Gasteiger partial charge in [0.2, 0.25) is 0 Å². The summed E-state index contributed by atoms with van der Waals surface area (Å²) < 4.78 is 7.76. The smallest absolute Gasteiger partial charge is 0.128 e. The van der Waals surface area contributed by atoms with Crippen LogP contribution in [0.2, 0.25) is 0 Å². The molecule has 0 saturated heterocycles. The van der Waals surface area contributed by atoms with Gasteiger partial charge in [0.05, 0.1) is 12.1 Å². The molecule has 92 valence electrons. The SMILES string of the molecule is CCCC(OCC)C(N)c1nccn1CC. The highest BCUT2D eigenvalue weighted by atomic mass is 16.5. The Bertz CT molecular complexity index is 292. The number of hydrogen-bond donors (Lipinski definition) is 1. The molecule has 1 heterocycles. The maximum absolute atomic E-state index is 6.22. The Labute approximate surface area is 97.8 Å². The van der Waals surface area contributed by atoms with Gasteiger partial charge in [-0.15, -0.1) is 0 Å². The fraction of sp³-hybridized carbons (Fsp3) is 0.750. The van der Waals surface area contributed by atoms with Crippen LogP contribution in [0.15, 0.2) is 12.4 Å². The Morgan fingerprint density at radius 2 is 2.19 bits per heavy atom. The average Bonchev–Trinajstić information content (AvgIpc) is 2.75. The van der Waals surface area contributed by atoms with E-state index in [0.717, 1.165) is 25.2 Å². The molecule has 0 bridgehead atoms. The van der Waals surface area contributed by atoms with Crippen molar-refractivity contribution in [1.82, 2.24) is 9.55 Å². The Kier molecular flexibility index (Phi) is 5.49. The van der Waals surface area contributed by atoms with Gasteiger partial charge < -0.3 is 15.0 Å². The molecular weight excluding hydrogens is 202 g/mol. The van der Waals surface area contributed by atoms with Crippen molar-refractivity contribution < 1.29 is 4.74 Å². The zero-order valence-corrected chi connectivity index (χ0v) is 10.5. The molecular formula is C12H23N3O. The zero-order valence-electron chi connectivity index (χ0n) is 10.5. The maximum atomic E-state index is 6.22. The average molecular weight is 225 g/mol. The number of ether oxygens (including phenoxy) is 1. The van der Waals surface area contributed by atoms with Crippen molar-refractivity contribution in [1.29, 1.82) is 0 Å². The summed E-state index contributed by atoms with van der Waals surface area (Å²) in [6.07, 6.45) is 5.89. The summed E-state index contributed by atoms with van der Waals surface area (Å²) in [6.45, 7) is 7.83. The van der Waals surface area contributed by atoms with Gasteiger partial charge >= 0.3 is 0 Å². The molecule has 0 spiro atoms. The van der Waals surface area contributed by atoms with Gasteiger partial charge in [-0.2, -0.15) is 0 Å². The summed E-state index contributed by atoms with van der Waals surface area (Å²) in [4.78, 5) is 4.33. The Balaban J connectivity index is 2.76. The molecule has 0 aliphatic heterocycles. The van der Waals surface area contributed by atoms with E-state index in [0.29, 0.717) is 6.61 Å². The van der Waals surface area contributed by atoms with Crippen LogP contribution < -0.4 is 5.73 Å². The second kappa shape index (κ2) is 6.66. The standard InChI is InChI=1S/C12H23N3O/c1-4-7-10(16-6-3)11(13)12-14-8-9-15(12)5-2/h8-11H,4-7,13H2,1-3H3. The molecule has 2 N–H and O–H groups in total. The van der Waals surface area contributed by atoms with Crippen molar-refractivity contribution in [3.63, 3.8) is 0 Å². The van der Waals surface area contributed by atoms with Crippen LogP contribution in [-0.4, -0.2) is 22.3 Å². The van der Waals surface area contributed by atoms with Crippen LogP contribution in [0.5, 0.6) is 0 Å². The van der Waals surface area contributed by atoms with Gasteiger partial charge in [0.15, 0.2) is 0 Å². The summed E-state index contributed by atoms with van der Waals surface area (Å²) in [5.41, 5.74) is 6.22. The van der Waals surface area contributed by atoms with Crippen LogP contribution in [0.25, 0.3) is 0 Å². The lowest BCUT2D eigenvalue weighted by atomic mass is 10.1. The van der Waals surface area contributed by atoms with Gasteiger partial charge in [-0.25, -0.2) is 4.98 Å². The van der Waals surface area contributed by atoms with E-state index >= 15 is 0 Å². The molecule has 0 saturated carbocycles. The summed E-state index contributed by atoms with van der Waals surface area (Å²) in [7, 11) is 0. The lowest BCUT2D eigenvalue weighted by Crippen LogP contribution is -2.31. The van der Waals surface area contributed by atoms with Crippen molar-refractivity contribution >= 4 is 0 Å². The van der Waals surface area contributed by atoms with Crippen LogP contribution in [-0.2, 0) is 11.3 Å². The molecule has 0 aromatic carbocycles. The molecule has 4 nitrogen and oxygen atoms in total. The van der Waals surface area contributed by atoms with Gasteiger partial charge in [-0.3, -0.25) is 0 Å². The molecule has 1 rings (SSSR count). The number of hydrogen-bond acceptors (Lipinski definition) is 3. The third-order valence-electron chi connectivity index (χ3n) is 2.74. The van der Waals surface area contributed by atoms with Crippen LogP contribution in [0, 0.1) is 0 Å². The highest BCUT2D eigenvalue weighted by Gasteiger charge is 2.22. The van der Waals surface area contributed by atoms with E-state index < -0.39 is 0 Å². The number of imidazole rings is 1. The fourth-order valence-corrected chi connectivity index (χ4v) is 1.92. The molecule has 2 unspecified atom stereocenters. The van der Waals surface area contributed by atoms with Crippen molar-refractivity contribution in [3.05, 3.63) is 18.2 Å². The van der Waals surface area contributed by atoms with Crippen LogP contribution >= 0.6 is 0 Å². The summed E-state index contributed by atoms with van der Waals surface area (Å²) in [5.74, 6) is 0.925. The second-order valence-corrected chi connectivity index (χ2v) is 3.88. The number of rotatable bonds is 7. The third-order valence-corrected chi connectivity index (χ3v) is 2.74. The quantitative estimate of drug-likeness (QED) is 0.773. The summed E-state index contributed by atoms with van der Waals surface area (Å²) >= 11 is 0. The van der Waals surface area contributed by atoms with E-state index in [1.165, 1.54) is 0 Å². The number of nitrogens with zero attached hydrogens (tertiary/aromatic N) is 2. The number of aromatic nitrogens is 2. The van der Waals surface area contributed by atoms with Gasteiger partial charge in [-0.05, 0) is 20.3 Å². The zero-order chi connectivity index (χ0) is 12.0. The van der Waals surface area contributed by atoms with Crippen molar-refractivity contribution in [2.24, 2.45) is 5.73 Å². The van der Waals surface area contributed by atoms with Crippen molar-refractivity contribution in [3.8, 4) is 0 Å². The minimum Gasteiger partial charge on any atom is -0.376 e. The maximum Gasteiger partial charge on any atom is 0.128 e. The fourth-order valence-electron chi connectivity index (χ4n) is 1.92. The van der Waals surface area contributed by atoms with Crippen LogP contribution in [0.3, 0.4) is 0 Å². The number of nitrogens with two attached hydrogens (primary N) is 1. The molecule has 0 fully saturated rings. The third kappa shape index (κ3) is 3.06. The minimum atomic E-state index is -0.130. The highest BCUT2D eigenvalue weighted by molar-refractivity contribution is 5.01. The summed E-state index contributed by atoms with van der Waals surface area (Å²) in [5, 5.41) is 0. The molecule has 0 amide bonds. The second-order valence-electron chi connectivity index (χ2n) is 3.88. The monoisotopic (exact) mass is 225 g/mol. The summed E-state index contributed by atoms with van der Waals surface area (Å²) in [6, 6.07) is -0.130. The lowest BCUT2D eigenvalue weighted by molar-refractivity contribution is 0.0347. The molecule has 0 aliphatic carbocycles. The predicted octanol–water partition coefficient (Wildman–Crippen LogP) is 2.11. The van der Waals surface area contributed by atoms with Gasteiger partial charge in [-0.1, -0.05) is 13.3 Å². The minimum absolute atomic E-state index is 0.0719. The van der Waals surface area contributed by atoms with Crippen molar-refractivity contribution in [2.45, 2.75) is 52.3 Å². The van der Waals surface area contributed by atoms with E-state index in [-0.39, 0.29) is 12.1 Å². The van der Waals surface area contributed by atoms with E-state index in [1.54, 1.807) is 6.20 Å². The van der Waals surface area contributed by atoms with Crippen LogP contribution in [0.4, 0.5) is 0 Å². The Morgan fingerprint density at radius 3 is 2.75 bits per heavy atom. The molecule has 1 aromatic rings. The van der Waals surface area contributed by atoms with E-state index in [4.69, 9.17) is 10.5 Å². The first-order valence-electron chi connectivity index (χ1n) is 6.12. The van der Waals surface area contributed by atoms with E-state index in [9.17, 15) is 0 Å². The van der Waals surface area contributed by atoms with E-state index in [2.05, 4.69) is 23.4 Å². The molecule has 0 aliphatic rings. The van der Waals surface area contributed by atoms with Gasteiger partial charge in [0, 0.05) is 25.5 Å². The molecule has 2 atom stereocenters. The number of aryl methyl sites for hydroxylation is 1. The lowest BCUT2D eigenvalue weighted by Gasteiger charge is -2.23. The first-order valence-corrected chi connectivity index (χ1v) is 6.12. The normalized spacial score (nSPS) is 15.0. The predicted molar refractivity (Wildman–Crippen MR) is 65.2 cm³/mol. The first-order chi connectivity index (χ1) is 7.74. The highest BCUT2D eigenvalue weighted by Crippen LogP contribution is 2.19. The van der Waals surface area contributed by atoms with Gasteiger partial charge in [0.1, 0.15) is 5.82 Å². The topological polar surface area (TPSA) is 53.1 Å². The Hall–Kier alpha value is -0.870. The first kappa shape index (κ1) is 13.2. The largest absolute Gasteiger partial charge is 0.376 e. The van der Waals surface area contributed by atoms with Gasteiger partial charge in [0.25, 0.3) is 0 Å². The molecule has 1 aromatic heterocycles.